The molecule has 8 heteroatoms. The molecule has 1 aliphatic heterocycles. The van der Waals surface area contributed by atoms with Gasteiger partial charge in [-0.25, -0.2) is 13.1 Å². The second kappa shape index (κ2) is 8.39. The van der Waals surface area contributed by atoms with Crippen molar-refractivity contribution in [3.05, 3.63) is 29.8 Å². The van der Waals surface area contributed by atoms with E-state index in [-0.39, 0.29) is 17.3 Å². The molecule has 0 radical (unpaired) electrons. The highest BCUT2D eigenvalue weighted by Crippen LogP contribution is 2.13. The number of carbonyl (C=O) groups excluding carboxylic acids is 1. The van der Waals surface area contributed by atoms with Crippen molar-refractivity contribution in [2.24, 2.45) is 0 Å². The molecular formula is C15H23N3O4S. The minimum Gasteiger partial charge on any atom is -0.383 e. The number of methoxy groups -OCH3 is 1. The molecule has 0 spiro atoms. The fourth-order valence-corrected chi connectivity index (χ4v) is 3.38. The third kappa shape index (κ3) is 5.00. The molecule has 128 valence electrons. The lowest BCUT2D eigenvalue weighted by atomic mass is 10.2. The van der Waals surface area contributed by atoms with Crippen LogP contribution in [0.5, 0.6) is 0 Å². The first kappa shape index (κ1) is 17.9. The van der Waals surface area contributed by atoms with E-state index in [0.29, 0.717) is 25.3 Å². The third-order valence-electron chi connectivity index (χ3n) is 3.64. The molecule has 0 atom stereocenters. The number of nitrogens with zero attached hydrogens (tertiary/aromatic N) is 1. The van der Waals surface area contributed by atoms with Gasteiger partial charge in [0, 0.05) is 38.9 Å². The fraction of sp³-hybridized carbons (Fsp3) is 0.533. The van der Waals surface area contributed by atoms with Crippen LogP contribution < -0.4 is 10.0 Å². The van der Waals surface area contributed by atoms with Gasteiger partial charge in [-0.2, -0.15) is 0 Å². The molecule has 1 fully saturated rings. The maximum atomic E-state index is 12.4. The maximum absolute atomic E-state index is 12.4. The van der Waals surface area contributed by atoms with E-state index in [1.807, 2.05) is 0 Å². The zero-order valence-corrected chi connectivity index (χ0v) is 14.1. The van der Waals surface area contributed by atoms with Gasteiger partial charge in [0.2, 0.25) is 10.0 Å². The Kier molecular flexibility index (Phi) is 6.52. The number of hydrogen-bond acceptors (Lipinski definition) is 5. The van der Waals surface area contributed by atoms with Gasteiger partial charge in [-0.05, 0) is 37.2 Å². The topological polar surface area (TPSA) is 87.7 Å². The van der Waals surface area contributed by atoms with Gasteiger partial charge < -0.3 is 15.0 Å². The van der Waals surface area contributed by atoms with Crippen LogP contribution in [0.3, 0.4) is 0 Å². The Morgan fingerprint density at radius 3 is 2.70 bits per heavy atom. The Bertz CT molecular complexity index is 608. The summed E-state index contributed by atoms with van der Waals surface area (Å²) in [5.74, 6) is -0.0648. The fourth-order valence-electron chi connectivity index (χ4n) is 2.37. The summed E-state index contributed by atoms with van der Waals surface area (Å²) in [6, 6.07) is 6.04. The number of hydrogen-bond donors (Lipinski definition) is 2. The Balaban J connectivity index is 2.04. The molecule has 23 heavy (non-hydrogen) atoms. The molecule has 0 saturated carbocycles. The van der Waals surface area contributed by atoms with Crippen molar-refractivity contribution in [2.45, 2.75) is 11.3 Å². The average molecular weight is 341 g/mol. The number of sulfonamides is 1. The van der Waals surface area contributed by atoms with Crippen molar-refractivity contribution in [2.75, 3.05) is 46.4 Å². The lowest BCUT2D eigenvalue weighted by Gasteiger charge is -2.20. The predicted molar refractivity (Wildman–Crippen MR) is 86.9 cm³/mol. The minimum absolute atomic E-state index is 0.0648. The van der Waals surface area contributed by atoms with Crippen molar-refractivity contribution in [1.29, 1.82) is 0 Å². The molecule has 1 aliphatic rings. The highest BCUT2D eigenvalue weighted by molar-refractivity contribution is 7.89. The van der Waals surface area contributed by atoms with Crippen molar-refractivity contribution < 1.29 is 17.9 Å². The van der Waals surface area contributed by atoms with Gasteiger partial charge >= 0.3 is 0 Å². The Morgan fingerprint density at radius 1 is 1.26 bits per heavy atom. The summed E-state index contributed by atoms with van der Waals surface area (Å²) < 4.78 is 31.4. The van der Waals surface area contributed by atoms with E-state index in [1.54, 1.807) is 17.0 Å². The molecule has 0 unspecified atom stereocenters. The first-order chi connectivity index (χ1) is 11.0. The second-order valence-corrected chi connectivity index (χ2v) is 7.08. The summed E-state index contributed by atoms with van der Waals surface area (Å²) in [5.41, 5.74) is 0.503. The van der Waals surface area contributed by atoms with Crippen LogP contribution in [0.1, 0.15) is 16.8 Å². The molecule has 0 bridgehead atoms. The molecule has 1 aromatic carbocycles. The van der Waals surface area contributed by atoms with Crippen LogP contribution in [0.2, 0.25) is 0 Å². The summed E-state index contributed by atoms with van der Waals surface area (Å²) in [6.07, 6.45) is 0.918. The molecule has 1 heterocycles. The Morgan fingerprint density at radius 2 is 2.00 bits per heavy atom. The van der Waals surface area contributed by atoms with Gasteiger partial charge in [-0.3, -0.25) is 4.79 Å². The highest BCUT2D eigenvalue weighted by Gasteiger charge is 2.18. The largest absolute Gasteiger partial charge is 0.383 e. The van der Waals surface area contributed by atoms with Crippen LogP contribution in [-0.2, 0) is 14.8 Å². The maximum Gasteiger partial charge on any atom is 0.253 e. The molecule has 1 amide bonds. The zero-order valence-electron chi connectivity index (χ0n) is 13.2. The number of amides is 1. The summed E-state index contributed by atoms with van der Waals surface area (Å²) in [6.45, 7) is 3.58. The van der Waals surface area contributed by atoms with Crippen molar-refractivity contribution >= 4 is 15.9 Å². The number of rotatable bonds is 6. The Labute approximate surface area is 137 Å². The van der Waals surface area contributed by atoms with Gasteiger partial charge in [-0.1, -0.05) is 0 Å². The van der Waals surface area contributed by atoms with E-state index < -0.39 is 10.0 Å². The van der Waals surface area contributed by atoms with Crippen LogP contribution in [-0.4, -0.2) is 65.7 Å². The SMILES string of the molecule is COCCNS(=O)(=O)c1ccc(C(=O)N2CCCNCC2)cc1. The Hall–Kier alpha value is -1.48. The van der Waals surface area contributed by atoms with Crippen molar-refractivity contribution in [3.8, 4) is 0 Å². The van der Waals surface area contributed by atoms with E-state index in [9.17, 15) is 13.2 Å². The van der Waals surface area contributed by atoms with Gasteiger partial charge in [0.1, 0.15) is 0 Å². The zero-order chi connectivity index (χ0) is 16.7. The normalized spacial score (nSPS) is 16.1. The van der Waals surface area contributed by atoms with Crippen LogP contribution in [0, 0.1) is 0 Å². The van der Waals surface area contributed by atoms with Crippen molar-refractivity contribution in [3.63, 3.8) is 0 Å². The molecule has 2 rings (SSSR count). The quantitative estimate of drug-likeness (QED) is 0.714. The molecule has 1 saturated heterocycles. The van der Waals surface area contributed by atoms with E-state index >= 15 is 0 Å². The average Bonchev–Trinajstić information content (AvgIpc) is 2.84. The number of nitrogens with one attached hydrogen (secondary N) is 2. The summed E-state index contributed by atoms with van der Waals surface area (Å²) in [4.78, 5) is 14.4. The van der Waals surface area contributed by atoms with E-state index in [2.05, 4.69) is 10.0 Å². The van der Waals surface area contributed by atoms with Crippen LogP contribution in [0.4, 0.5) is 0 Å². The predicted octanol–water partition coefficient (Wildman–Crippen LogP) is 0.0468. The van der Waals surface area contributed by atoms with Crippen LogP contribution >= 0.6 is 0 Å². The lowest BCUT2D eigenvalue weighted by molar-refractivity contribution is 0.0766. The first-order valence-electron chi connectivity index (χ1n) is 7.63. The van der Waals surface area contributed by atoms with Gasteiger partial charge in [-0.15, -0.1) is 0 Å². The molecule has 2 N–H and O–H groups in total. The first-order valence-corrected chi connectivity index (χ1v) is 9.11. The number of ether oxygens (including phenoxy) is 1. The minimum atomic E-state index is -3.57. The monoisotopic (exact) mass is 341 g/mol. The third-order valence-corrected chi connectivity index (χ3v) is 5.11. The van der Waals surface area contributed by atoms with E-state index in [0.717, 1.165) is 19.5 Å². The lowest BCUT2D eigenvalue weighted by Crippen LogP contribution is -2.34. The van der Waals surface area contributed by atoms with E-state index in [4.69, 9.17) is 4.74 Å². The molecule has 0 aliphatic carbocycles. The van der Waals surface area contributed by atoms with Gasteiger partial charge in [0.05, 0.1) is 11.5 Å². The second-order valence-electron chi connectivity index (χ2n) is 5.31. The molecule has 1 aromatic rings. The van der Waals surface area contributed by atoms with Crippen LogP contribution in [0.15, 0.2) is 29.2 Å². The standard InChI is InChI=1S/C15H23N3O4S/c1-22-12-9-17-23(20,21)14-5-3-13(4-6-14)15(19)18-10-2-7-16-8-11-18/h3-6,16-17H,2,7-12H2,1H3. The number of carbonyl (C=O) groups is 1. The smallest absolute Gasteiger partial charge is 0.253 e. The van der Waals surface area contributed by atoms with E-state index in [1.165, 1.54) is 19.2 Å². The summed E-state index contributed by atoms with van der Waals surface area (Å²) in [5, 5.41) is 3.25. The summed E-state index contributed by atoms with van der Waals surface area (Å²) in [7, 11) is -2.06. The summed E-state index contributed by atoms with van der Waals surface area (Å²) >= 11 is 0. The van der Waals surface area contributed by atoms with Gasteiger partial charge in [0.25, 0.3) is 5.91 Å². The van der Waals surface area contributed by atoms with Crippen molar-refractivity contribution in [1.82, 2.24) is 14.9 Å². The molecule has 0 aromatic heterocycles. The van der Waals surface area contributed by atoms with Gasteiger partial charge in [0.15, 0.2) is 0 Å². The molecule has 7 nitrogen and oxygen atoms in total. The number of benzene rings is 1. The highest BCUT2D eigenvalue weighted by atomic mass is 32.2. The van der Waals surface area contributed by atoms with Crippen LogP contribution in [0.25, 0.3) is 0 Å². The molecular weight excluding hydrogens is 318 g/mol.